The highest BCUT2D eigenvalue weighted by Crippen LogP contribution is 2.32. The maximum atomic E-state index is 11.1. The number of benzene rings is 1. The van der Waals surface area contributed by atoms with Crippen molar-refractivity contribution >= 4 is 27.7 Å². The molecule has 3 rings (SSSR count). The predicted octanol–water partition coefficient (Wildman–Crippen LogP) is 3.62. The molecule has 17 heavy (non-hydrogen) atoms. The van der Waals surface area contributed by atoms with Crippen molar-refractivity contribution in [1.29, 1.82) is 0 Å². The van der Waals surface area contributed by atoms with E-state index in [2.05, 4.69) is 5.16 Å². The number of aryl methyl sites for hydroxylation is 1. The fraction of sp³-hybridized carbons (Fsp3) is 0.0769. The summed E-state index contributed by atoms with van der Waals surface area (Å²) in [5.74, 6) is 0.750. The maximum absolute atomic E-state index is 11.1. The van der Waals surface area contributed by atoms with E-state index in [1.165, 1.54) is 0 Å². The summed E-state index contributed by atoms with van der Waals surface area (Å²) in [5, 5.41) is 4.45. The molecule has 0 saturated carbocycles. The zero-order valence-electron chi connectivity index (χ0n) is 9.03. The Kier molecular flexibility index (Phi) is 2.16. The highest BCUT2D eigenvalue weighted by atomic mass is 35.5. The Hall–Kier alpha value is -1.87. The Morgan fingerprint density at radius 1 is 1.29 bits per heavy atom. The first-order valence-corrected chi connectivity index (χ1v) is 5.52. The fourth-order valence-corrected chi connectivity index (χ4v) is 2.08. The Bertz CT molecular complexity index is 702. The van der Waals surface area contributed by atoms with Crippen LogP contribution in [0.5, 0.6) is 0 Å². The molecular weight excluding hydrogens is 238 g/mol. The van der Waals surface area contributed by atoms with Gasteiger partial charge < -0.3 is 4.52 Å². The van der Waals surface area contributed by atoms with E-state index < -0.39 is 5.24 Å². The van der Waals surface area contributed by atoms with Crippen LogP contribution in [-0.2, 0) is 0 Å². The van der Waals surface area contributed by atoms with Gasteiger partial charge in [-0.3, -0.25) is 4.79 Å². The van der Waals surface area contributed by atoms with Crippen LogP contribution < -0.4 is 0 Å². The van der Waals surface area contributed by atoms with Gasteiger partial charge in [0.15, 0.2) is 5.76 Å². The quantitative estimate of drug-likeness (QED) is 0.615. The molecule has 2 aliphatic rings. The van der Waals surface area contributed by atoms with E-state index in [1.54, 1.807) is 12.1 Å². The van der Waals surface area contributed by atoms with Gasteiger partial charge in [0.05, 0.1) is 0 Å². The Labute approximate surface area is 102 Å². The molecule has 1 aliphatic heterocycles. The average Bonchev–Trinajstić information content (AvgIpc) is 2.69. The minimum atomic E-state index is -0.493. The molecule has 4 heteroatoms. The molecule has 1 aromatic rings. The number of carbonyl (C=O) groups is 1. The summed E-state index contributed by atoms with van der Waals surface area (Å²) < 4.78 is 5.28. The van der Waals surface area contributed by atoms with E-state index in [9.17, 15) is 4.79 Å². The second-order valence-corrected chi connectivity index (χ2v) is 4.34. The second kappa shape index (κ2) is 3.57. The maximum Gasteiger partial charge on any atom is 0.252 e. The van der Waals surface area contributed by atoms with Gasteiger partial charge in [-0.1, -0.05) is 11.2 Å². The summed E-state index contributed by atoms with van der Waals surface area (Å²) in [6.45, 7) is 2.00. The van der Waals surface area contributed by atoms with Crippen molar-refractivity contribution in [2.75, 3.05) is 0 Å². The lowest BCUT2D eigenvalue weighted by Gasteiger charge is -2.03. The summed E-state index contributed by atoms with van der Waals surface area (Å²) in [4.78, 5) is 11.1. The van der Waals surface area contributed by atoms with Crippen molar-refractivity contribution in [1.82, 2.24) is 5.16 Å². The van der Waals surface area contributed by atoms with Crippen LogP contribution in [0.3, 0.4) is 0 Å². The Morgan fingerprint density at radius 3 is 2.88 bits per heavy atom. The lowest BCUT2D eigenvalue weighted by atomic mass is 10.1. The molecule has 84 valence electrons. The van der Waals surface area contributed by atoms with E-state index in [0.29, 0.717) is 11.1 Å². The van der Waals surface area contributed by atoms with Gasteiger partial charge in [0.2, 0.25) is 0 Å². The fourth-order valence-electron chi connectivity index (χ4n) is 1.97. The normalized spacial score (nSPS) is 11.2. The lowest BCUT2D eigenvalue weighted by Crippen LogP contribution is -1.90. The molecular formula is C13H8ClNO2. The van der Waals surface area contributed by atoms with Crippen LogP contribution in [0.4, 0.5) is 0 Å². The van der Waals surface area contributed by atoms with Crippen LogP contribution in [0.2, 0.25) is 0 Å². The molecule has 1 heterocycles. The highest BCUT2D eigenvalue weighted by molar-refractivity contribution is 6.67. The third-order valence-electron chi connectivity index (χ3n) is 2.75. The molecule has 0 fully saturated rings. The van der Waals surface area contributed by atoms with Gasteiger partial charge in [-0.15, -0.1) is 0 Å². The third-order valence-corrected chi connectivity index (χ3v) is 2.97. The van der Waals surface area contributed by atoms with Crippen LogP contribution in [0.25, 0.3) is 22.2 Å². The van der Waals surface area contributed by atoms with Crippen molar-refractivity contribution in [3.63, 3.8) is 0 Å². The Balaban J connectivity index is 2.36. The number of rotatable bonds is 1. The molecule has 0 spiro atoms. The number of nitrogens with zero attached hydrogens (tertiary/aromatic N) is 1. The monoisotopic (exact) mass is 245 g/mol. The van der Waals surface area contributed by atoms with Gasteiger partial charge in [-0.05, 0) is 48.4 Å². The largest absolute Gasteiger partial charge is 0.356 e. The van der Waals surface area contributed by atoms with Crippen molar-refractivity contribution < 1.29 is 9.32 Å². The smallest absolute Gasteiger partial charge is 0.252 e. The van der Waals surface area contributed by atoms with Crippen LogP contribution in [0.1, 0.15) is 15.9 Å². The van der Waals surface area contributed by atoms with E-state index in [0.717, 1.165) is 22.3 Å². The highest BCUT2D eigenvalue weighted by Gasteiger charge is 2.14. The van der Waals surface area contributed by atoms with E-state index in [4.69, 9.17) is 16.1 Å². The minimum absolute atomic E-state index is 0.421. The van der Waals surface area contributed by atoms with Crippen LogP contribution in [-0.4, -0.2) is 10.4 Å². The first-order valence-electron chi connectivity index (χ1n) is 5.15. The second-order valence-electron chi connectivity index (χ2n) is 4.00. The first kappa shape index (κ1) is 10.3. The molecule has 1 aliphatic carbocycles. The molecule has 0 atom stereocenters. The zero-order chi connectivity index (χ0) is 12.0. The third kappa shape index (κ3) is 1.59. The molecule has 0 unspecified atom stereocenters. The van der Waals surface area contributed by atoms with Crippen molar-refractivity contribution in [2.45, 2.75) is 6.92 Å². The lowest BCUT2D eigenvalue weighted by molar-refractivity contribution is 0.108. The van der Waals surface area contributed by atoms with Crippen LogP contribution in [0.15, 0.2) is 34.9 Å². The number of carbonyl (C=O) groups excluding carboxylic acids is 1. The number of aromatic nitrogens is 1. The summed E-state index contributed by atoms with van der Waals surface area (Å²) >= 11 is 5.43. The molecule has 0 aromatic heterocycles. The zero-order valence-corrected chi connectivity index (χ0v) is 9.78. The van der Waals surface area contributed by atoms with Crippen molar-refractivity contribution in [3.05, 3.63) is 41.5 Å². The van der Waals surface area contributed by atoms with Crippen LogP contribution in [0, 0.1) is 6.92 Å². The molecule has 0 bridgehead atoms. The SMILES string of the molecule is Cc1cc2onc3cc(C(=O)Cl)ccc3c-2c1. The van der Waals surface area contributed by atoms with Crippen molar-refractivity contribution in [3.8, 4) is 11.3 Å². The molecule has 0 radical (unpaired) electrons. The summed E-state index contributed by atoms with van der Waals surface area (Å²) in [6, 6.07) is 9.14. The molecule has 1 aromatic carbocycles. The average molecular weight is 246 g/mol. The van der Waals surface area contributed by atoms with E-state index in [1.807, 2.05) is 25.1 Å². The number of hydrogen-bond acceptors (Lipinski definition) is 3. The van der Waals surface area contributed by atoms with Crippen LogP contribution >= 0.6 is 11.6 Å². The summed E-state index contributed by atoms with van der Waals surface area (Å²) in [7, 11) is 0. The van der Waals surface area contributed by atoms with Gasteiger partial charge in [-0.25, -0.2) is 0 Å². The molecule has 3 nitrogen and oxygen atoms in total. The predicted molar refractivity (Wildman–Crippen MR) is 65.6 cm³/mol. The molecule has 0 saturated heterocycles. The molecule has 0 amide bonds. The molecule has 0 N–H and O–H groups in total. The minimum Gasteiger partial charge on any atom is -0.356 e. The Morgan fingerprint density at radius 2 is 2.12 bits per heavy atom. The van der Waals surface area contributed by atoms with Gasteiger partial charge in [0.1, 0.15) is 5.52 Å². The van der Waals surface area contributed by atoms with E-state index >= 15 is 0 Å². The standard InChI is InChI=1S/C13H8ClNO2/c1-7-4-10-9-3-2-8(13(14)16)6-11(9)15-17-12(10)5-7/h2-6H,1H3. The summed E-state index contributed by atoms with van der Waals surface area (Å²) in [6.07, 6.45) is 0. The number of halogens is 1. The number of hydrogen-bond donors (Lipinski definition) is 0. The van der Waals surface area contributed by atoms with Gasteiger partial charge in [-0.2, -0.15) is 0 Å². The van der Waals surface area contributed by atoms with Gasteiger partial charge in [0, 0.05) is 16.5 Å². The summed E-state index contributed by atoms with van der Waals surface area (Å²) in [5.41, 5.74) is 3.18. The number of fused-ring (bicyclic) bond motifs is 3. The van der Waals surface area contributed by atoms with Crippen molar-refractivity contribution in [2.24, 2.45) is 0 Å². The van der Waals surface area contributed by atoms with Gasteiger partial charge >= 0.3 is 0 Å². The topological polar surface area (TPSA) is 43.1 Å². The first-order chi connectivity index (χ1) is 8.15. The van der Waals surface area contributed by atoms with Gasteiger partial charge in [0.25, 0.3) is 5.24 Å². The van der Waals surface area contributed by atoms with E-state index in [-0.39, 0.29) is 0 Å².